The molecule has 0 spiro atoms. The predicted octanol–water partition coefficient (Wildman–Crippen LogP) is 2.05. The Balaban J connectivity index is 2.15. The van der Waals surface area contributed by atoms with Gasteiger partial charge >= 0.3 is 0 Å². The Bertz CT molecular complexity index is 475. The molecule has 1 aromatic rings. The fourth-order valence-electron chi connectivity index (χ4n) is 3.17. The second-order valence-corrected chi connectivity index (χ2v) is 6.26. The van der Waals surface area contributed by atoms with Crippen LogP contribution < -0.4 is 11.1 Å². The molecule has 1 fully saturated rings. The van der Waals surface area contributed by atoms with Crippen molar-refractivity contribution in [1.82, 2.24) is 5.32 Å². The van der Waals surface area contributed by atoms with Crippen LogP contribution in [0.3, 0.4) is 0 Å². The molecule has 2 rings (SSSR count). The molecule has 4 nitrogen and oxygen atoms in total. The van der Waals surface area contributed by atoms with Crippen LogP contribution in [0.15, 0.2) is 24.3 Å². The van der Waals surface area contributed by atoms with E-state index in [1.165, 1.54) is 0 Å². The predicted molar refractivity (Wildman–Crippen MR) is 84.2 cm³/mol. The van der Waals surface area contributed by atoms with E-state index in [0.29, 0.717) is 17.4 Å². The Morgan fingerprint density at radius 1 is 1.52 bits per heavy atom. The van der Waals surface area contributed by atoms with Crippen molar-refractivity contribution >= 4 is 17.5 Å². The monoisotopic (exact) mass is 310 g/mol. The highest BCUT2D eigenvalue weighted by molar-refractivity contribution is 6.30. The van der Waals surface area contributed by atoms with E-state index >= 15 is 0 Å². The van der Waals surface area contributed by atoms with Gasteiger partial charge in [-0.15, -0.1) is 0 Å². The van der Waals surface area contributed by atoms with E-state index in [1.54, 1.807) is 0 Å². The van der Waals surface area contributed by atoms with Gasteiger partial charge in [0.1, 0.15) is 0 Å². The van der Waals surface area contributed by atoms with Crippen LogP contribution in [0.2, 0.25) is 5.02 Å². The number of hydrogen-bond acceptors (Lipinski definition) is 3. The Kier molecular flexibility index (Phi) is 6.03. The van der Waals surface area contributed by atoms with Gasteiger partial charge in [0.2, 0.25) is 5.91 Å². The average molecular weight is 311 g/mol. The van der Waals surface area contributed by atoms with Crippen molar-refractivity contribution in [3.63, 3.8) is 0 Å². The zero-order valence-corrected chi connectivity index (χ0v) is 12.9. The van der Waals surface area contributed by atoms with Crippen LogP contribution in [0.4, 0.5) is 0 Å². The van der Waals surface area contributed by atoms with Gasteiger partial charge in [-0.05, 0) is 61.9 Å². The molecular weight excluding hydrogens is 288 g/mol. The minimum absolute atomic E-state index is 0.0111. The summed E-state index contributed by atoms with van der Waals surface area (Å²) in [5.41, 5.74) is 6.30. The van der Waals surface area contributed by atoms with Gasteiger partial charge < -0.3 is 16.2 Å². The maximum absolute atomic E-state index is 11.0. The summed E-state index contributed by atoms with van der Waals surface area (Å²) in [6.07, 6.45) is 2.10. The van der Waals surface area contributed by atoms with Crippen molar-refractivity contribution in [1.29, 1.82) is 0 Å². The highest BCUT2D eigenvalue weighted by Gasteiger charge is 2.27. The summed E-state index contributed by atoms with van der Waals surface area (Å²) in [5, 5.41) is 14.2. The van der Waals surface area contributed by atoms with Crippen LogP contribution in [0.5, 0.6) is 0 Å². The van der Waals surface area contributed by atoms with Gasteiger partial charge in [-0.2, -0.15) is 0 Å². The second-order valence-electron chi connectivity index (χ2n) is 5.83. The molecule has 1 aliphatic heterocycles. The number of nitrogens with two attached hydrogens (primary N) is 1. The summed E-state index contributed by atoms with van der Waals surface area (Å²) in [5.74, 6) is 0.166. The second kappa shape index (κ2) is 7.78. The Morgan fingerprint density at radius 2 is 2.33 bits per heavy atom. The molecule has 1 amide bonds. The van der Waals surface area contributed by atoms with E-state index in [9.17, 15) is 9.90 Å². The summed E-state index contributed by atoms with van der Waals surface area (Å²) in [7, 11) is 0. The van der Waals surface area contributed by atoms with Crippen molar-refractivity contribution in [3.05, 3.63) is 34.9 Å². The van der Waals surface area contributed by atoms with E-state index in [0.717, 1.165) is 31.5 Å². The Hall–Kier alpha value is -1.10. The summed E-state index contributed by atoms with van der Waals surface area (Å²) < 4.78 is 0. The van der Waals surface area contributed by atoms with E-state index in [2.05, 4.69) is 5.32 Å². The highest BCUT2D eigenvalue weighted by atomic mass is 35.5. The number of nitrogens with one attached hydrogen (secondary N) is 1. The summed E-state index contributed by atoms with van der Waals surface area (Å²) in [6, 6.07) is 7.78. The number of rotatable bonds is 6. The maximum atomic E-state index is 11.0. The van der Waals surface area contributed by atoms with Gasteiger partial charge in [0.25, 0.3) is 0 Å². The number of amides is 1. The molecule has 0 aromatic heterocycles. The molecule has 1 aromatic carbocycles. The molecular formula is C16H23ClN2O2. The topological polar surface area (TPSA) is 75.4 Å². The van der Waals surface area contributed by atoms with Gasteiger partial charge in [-0.1, -0.05) is 23.7 Å². The first kappa shape index (κ1) is 16.3. The van der Waals surface area contributed by atoms with Gasteiger partial charge in [-0.25, -0.2) is 0 Å². The average Bonchev–Trinajstić information content (AvgIpc) is 2.45. The molecule has 1 aliphatic rings. The molecule has 21 heavy (non-hydrogen) atoms. The molecule has 1 heterocycles. The molecule has 116 valence electrons. The molecule has 5 heteroatoms. The molecule has 0 aliphatic carbocycles. The zero-order chi connectivity index (χ0) is 15.2. The first-order valence-corrected chi connectivity index (χ1v) is 7.86. The molecule has 4 N–H and O–H groups in total. The number of primary amides is 1. The molecule has 3 atom stereocenters. The van der Waals surface area contributed by atoms with E-state index in [4.69, 9.17) is 17.3 Å². The Morgan fingerprint density at radius 3 is 2.95 bits per heavy atom. The summed E-state index contributed by atoms with van der Waals surface area (Å²) >= 11 is 6.10. The summed E-state index contributed by atoms with van der Waals surface area (Å²) in [4.78, 5) is 11.0. The van der Waals surface area contributed by atoms with Crippen LogP contribution in [-0.2, 0) is 4.79 Å². The minimum Gasteiger partial charge on any atom is -0.393 e. The third-order valence-corrected chi connectivity index (χ3v) is 4.38. The number of aliphatic hydroxyl groups excluding tert-OH is 1. The van der Waals surface area contributed by atoms with Gasteiger partial charge in [-0.3, -0.25) is 4.79 Å². The molecule has 0 bridgehead atoms. The van der Waals surface area contributed by atoms with Gasteiger partial charge in [0.05, 0.1) is 12.5 Å². The number of piperidine rings is 1. The van der Waals surface area contributed by atoms with Gasteiger partial charge in [0, 0.05) is 5.02 Å². The largest absolute Gasteiger partial charge is 0.393 e. The highest BCUT2D eigenvalue weighted by Crippen LogP contribution is 2.34. The van der Waals surface area contributed by atoms with Crippen molar-refractivity contribution in [2.75, 3.05) is 13.1 Å². The zero-order valence-electron chi connectivity index (χ0n) is 12.1. The lowest BCUT2D eigenvalue weighted by Gasteiger charge is -2.32. The fourth-order valence-corrected chi connectivity index (χ4v) is 3.37. The lowest BCUT2D eigenvalue weighted by Crippen LogP contribution is -2.35. The van der Waals surface area contributed by atoms with Crippen LogP contribution in [0.1, 0.15) is 37.2 Å². The molecule has 3 unspecified atom stereocenters. The summed E-state index contributed by atoms with van der Waals surface area (Å²) in [6.45, 7) is 1.98. The molecule has 0 radical (unpaired) electrons. The van der Waals surface area contributed by atoms with Crippen LogP contribution in [0, 0.1) is 5.92 Å². The molecule has 1 saturated heterocycles. The van der Waals surface area contributed by atoms with Crippen molar-refractivity contribution in [2.24, 2.45) is 11.7 Å². The number of benzene rings is 1. The van der Waals surface area contributed by atoms with E-state index in [-0.39, 0.29) is 12.3 Å². The van der Waals surface area contributed by atoms with Gasteiger partial charge in [0.15, 0.2) is 0 Å². The fraction of sp³-hybridized carbons (Fsp3) is 0.562. The van der Waals surface area contributed by atoms with Crippen LogP contribution in [-0.4, -0.2) is 30.2 Å². The van der Waals surface area contributed by atoms with E-state index < -0.39 is 12.0 Å². The number of carbonyl (C=O) groups excluding carboxylic acids is 1. The lowest BCUT2D eigenvalue weighted by molar-refractivity contribution is -0.120. The SMILES string of the molecule is NC(=O)CC(O)CC(c1cccc(Cl)c1)C1CCCNC1. The van der Waals surface area contributed by atoms with Crippen molar-refractivity contribution in [2.45, 2.75) is 37.7 Å². The van der Waals surface area contributed by atoms with Crippen LogP contribution >= 0.6 is 11.6 Å². The van der Waals surface area contributed by atoms with Crippen molar-refractivity contribution < 1.29 is 9.90 Å². The molecule has 0 saturated carbocycles. The first-order valence-electron chi connectivity index (χ1n) is 7.49. The standard InChI is InChI=1S/C16H23ClN2O2/c17-13-5-1-3-11(7-13)15(8-14(20)9-16(18)21)12-4-2-6-19-10-12/h1,3,5,7,12,14-15,19-20H,2,4,6,8-10H2,(H2,18,21). The van der Waals surface area contributed by atoms with E-state index in [1.807, 2.05) is 24.3 Å². The maximum Gasteiger partial charge on any atom is 0.220 e. The Labute approximate surface area is 130 Å². The number of carbonyl (C=O) groups is 1. The first-order chi connectivity index (χ1) is 10.1. The van der Waals surface area contributed by atoms with Crippen LogP contribution in [0.25, 0.3) is 0 Å². The number of halogens is 1. The van der Waals surface area contributed by atoms with Crippen molar-refractivity contribution in [3.8, 4) is 0 Å². The number of hydrogen-bond donors (Lipinski definition) is 3. The third kappa shape index (κ3) is 4.99. The lowest BCUT2D eigenvalue weighted by atomic mass is 9.78. The minimum atomic E-state index is -0.701. The quantitative estimate of drug-likeness (QED) is 0.753. The smallest absolute Gasteiger partial charge is 0.220 e. The number of aliphatic hydroxyl groups is 1. The normalized spacial score (nSPS) is 21.7. The third-order valence-electron chi connectivity index (χ3n) is 4.14.